The van der Waals surface area contributed by atoms with E-state index in [0.717, 1.165) is 0 Å². The normalized spacial score (nSPS) is 12.6. The Morgan fingerprint density at radius 2 is 2.00 bits per heavy atom. The SMILES string of the molecule is CCOC(=O)C[C@@H](NC(=O)CCCn1cnc2ccccc2c1=O)C(F)(F)F. The molecule has 0 bridgehead atoms. The highest BCUT2D eigenvalue weighted by molar-refractivity contribution is 5.78. The zero-order valence-electron chi connectivity index (χ0n) is 15.2. The van der Waals surface area contributed by atoms with E-state index >= 15 is 0 Å². The highest BCUT2D eigenvalue weighted by atomic mass is 19.4. The summed E-state index contributed by atoms with van der Waals surface area (Å²) in [7, 11) is 0. The summed E-state index contributed by atoms with van der Waals surface area (Å²) in [5.74, 6) is -1.91. The fourth-order valence-corrected chi connectivity index (χ4v) is 2.58. The van der Waals surface area contributed by atoms with Crippen LogP contribution in [-0.2, 0) is 20.9 Å². The van der Waals surface area contributed by atoms with Gasteiger partial charge in [-0.25, -0.2) is 4.98 Å². The van der Waals surface area contributed by atoms with Gasteiger partial charge in [-0.3, -0.25) is 19.0 Å². The molecule has 28 heavy (non-hydrogen) atoms. The fourth-order valence-electron chi connectivity index (χ4n) is 2.58. The minimum absolute atomic E-state index is 0.0497. The van der Waals surface area contributed by atoms with Crippen LogP contribution < -0.4 is 10.9 Å². The molecule has 0 spiro atoms. The van der Waals surface area contributed by atoms with Crippen LogP contribution in [0.2, 0.25) is 0 Å². The lowest BCUT2D eigenvalue weighted by Gasteiger charge is -2.20. The molecule has 0 aliphatic carbocycles. The number of nitrogens with zero attached hydrogens (tertiary/aromatic N) is 2. The number of hydrogen-bond donors (Lipinski definition) is 1. The second kappa shape index (κ2) is 9.34. The van der Waals surface area contributed by atoms with E-state index in [2.05, 4.69) is 9.72 Å². The molecule has 0 saturated heterocycles. The van der Waals surface area contributed by atoms with E-state index in [1.807, 2.05) is 5.32 Å². The minimum Gasteiger partial charge on any atom is -0.466 e. The van der Waals surface area contributed by atoms with Crippen LogP contribution in [0.1, 0.15) is 26.2 Å². The van der Waals surface area contributed by atoms with Crippen LogP contribution in [0, 0.1) is 0 Å². The van der Waals surface area contributed by atoms with Crippen molar-refractivity contribution in [2.45, 2.75) is 44.9 Å². The molecule has 7 nitrogen and oxygen atoms in total. The second-order valence-electron chi connectivity index (χ2n) is 6.03. The Morgan fingerprint density at radius 1 is 1.29 bits per heavy atom. The molecule has 0 aliphatic heterocycles. The van der Waals surface area contributed by atoms with Crippen molar-refractivity contribution >= 4 is 22.8 Å². The molecule has 10 heteroatoms. The number of esters is 1. The Labute approximate surface area is 158 Å². The molecule has 0 fully saturated rings. The van der Waals surface area contributed by atoms with Crippen molar-refractivity contribution in [3.8, 4) is 0 Å². The number of para-hydroxylation sites is 1. The molecule has 1 amide bonds. The van der Waals surface area contributed by atoms with E-state index in [1.54, 1.807) is 24.3 Å². The first-order valence-electron chi connectivity index (χ1n) is 8.68. The first-order valence-corrected chi connectivity index (χ1v) is 8.68. The lowest BCUT2D eigenvalue weighted by molar-refractivity contribution is -0.172. The fraction of sp³-hybridized carbons (Fsp3) is 0.444. The molecule has 152 valence electrons. The van der Waals surface area contributed by atoms with Gasteiger partial charge in [0.25, 0.3) is 5.56 Å². The van der Waals surface area contributed by atoms with Gasteiger partial charge in [0.05, 0.1) is 30.3 Å². The summed E-state index contributed by atoms with van der Waals surface area (Å²) in [6, 6.07) is 4.44. The van der Waals surface area contributed by atoms with Crippen molar-refractivity contribution in [1.29, 1.82) is 0 Å². The van der Waals surface area contributed by atoms with Crippen molar-refractivity contribution in [1.82, 2.24) is 14.9 Å². The number of aromatic nitrogens is 2. The number of carbonyl (C=O) groups excluding carboxylic acids is 2. The van der Waals surface area contributed by atoms with Crippen LogP contribution in [0.15, 0.2) is 35.4 Å². The largest absolute Gasteiger partial charge is 0.466 e. The number of alkyl halides is 3. The van der Waals surface area contributed by atoms with E-state index in [1.165, 1.54) is 17.8 Å². The van der Waals surface area contributed by atoms with Crippen LogP contribution >= 0.6 is 0 Å². The first kappa shape index (κ1) is 21.4. The van der Waals surface area contributed by atoms with E-state index in [9.17, 15) is 27.6 Å². The number of fused-ring (bicyclic) bond motifs is 1. The molecular weight excluding hydrogens is 379 g/mol. The van der Waals surface area contributed by atoms with Gasteiger partial charge in [0.2, 0.25) is 5.91 Å². The van der Waals surface area contributed by atoms with Gasteiger partial charge < -0.3 is 10.1 Å². The molecule has 1 heterocycles. The first-order chi connectivity index (χ1) is 13.2. The van der Waals surface area contributed by atoms with Crippen LogP contribution in [0.4, 0.5) is 13.2 Å². The molecule has 1 aromatic heterocycles. The standard InChI is InChI=1S/C18H20F3N3O4/c1-2-28-16(26)10-14(18(19,20)21)23-15(25)8-5-9-24-11-22-13-7-4-3-6-12(13)17(24)27/h3-4,6-7,11,14H,2,5,8-10H2,1H3,(H,23,25)/t14-/m1/s1. The molecule has 1 atom stereocenters. The molecule has 1 aromatic carbocycles. The predicted octanol–water partition coefficient (Wildman–Crippen LogP) is 2.18. The van der Waals surface area contributed by atoms with Crippen LogP contribution in [0.5, 0.6) is 0 Å². The smallest absolute Gasteiger partial charge is 0.409 e. The Hall–Kier alpha value is -2.91. The van der Waals surface area contributed by atoms with Crippen molar-refractivity contribution in [2.75, 3.05) is 6.61 Å². The number of carbonyl (C=O) groups is 2. The third kappa shape index (κ3) is 5.80. The number of amides is 1. The number of aryl methyl sites for hydroxylation is 1. The topological polar surface area (TPSA) is 90.3 Å². The molecule has 1 N–H and O–H groups in total. The number of nitrogens with one attached hydrogen (secondary N) is 1. The van der Waals surface area contributed by atoms with Gasteiger partial charge in [0.15, 0.2) is 0 Å². The van der Waals surface area contributed by atoms with E-state index in [0.29, 0.717) is 10.9 Å². The second-order valence-corrected chi connectivity index (χ2v) is 6.03. The monoisotopic (exact) mass is 399 g/mol. The van der Waals surface area contributed by atoms with E-state index in [4.69, 9.17) is 0 Å². The summed E-state index contributed by atoms with van der Waals surface area (Å²) in [5.41, 5.74) is 0.245. The van der Waals surface area contributed by atoms with Crippen LogP contribution in [-0.4, -0.2) is 40.3 Å². The summed E-state index contributed by atoms with van der Waals surface area (Å²) in [6.45, 7) is 1.55. The van der Waals surface area contributed by atoms with Crippen LogP contribution in [0.25, 0.3) is 10.9 Å². The number of halogens is 3. The molecule has 0 radical (unpaired) electrons. The quantitative estimate of drug-likeness (QED) is 0.687. The summed E-state index contributed by atoms with van der Waals surface area (Å²) in [4.78, 5) is 39.6. The molecule has 0 unspecified atom stereocenters. The number of rotatable bonds is 8. The Kier molecular flexibility index (Phi) is 7.13. The Bertz CT molecular complexity index is 896. The van der Waals surface area contributed by atoms with Crippen molar-refractivity contribution in [3.05, 3.63) is 40.9 Å². The number of ether oxygens (including phenoxy) is 1. The lowest BCUT2D eigenvalue weighted by Crippen LogP contribution is -2.46. The summed E-state index contributed by atoms with van der Waals surface area (Å²) < 4.78 is 44.8. The number of benzene rings is 1. The van der Waals surface area contributed by atoms with Gasteiger partial charge in [-0.05, 0) is 25.5 Å². The maximum atomic E-state index is 13.0. The van der Waals surface area contributed by atoms with Crippen molar-refractivity contribution < 1.29 is 27.5 Å². The van der Waals surface area contributed by atoms with Gasteiger partial charge in [-0.15, -0.1) is 0 Å². The average molecular weight is 399 g/mol. The third-order valence-electron chi connectivity index (χ3n) is 3.94. The lowest BCUT2D eigenvalue weighted by atomic mass is 10.2. The molecule has 0 aliphatic rings. The summed E-state index contributed by atoms with van der Waals surface area (Å²) in [6.07, 6.45) is -4.54. The van der Waals surface area contributed by atoms with Gasteiger partial charge in [0, 0.05) is 13.0 Å². The van der Waals surface area contributed by atoms with Gasteiger partial charge in [0.1, 0.15) is 6.04 Å². The molecular formula is C18H20F3N3O4. The van der Waals surface area contributed by atoms with Crippen LogP contribution in [0.3, 0.4) is 0 Å². The van der Waals surface area contributed by atoms with Gasteiger partial charge in [-0.2, -0.15) is 13.2 Å². The Balaban J connectivity index is 1.93. The molecule has 0 saturated carbocycles. The van der Waals surface area contributed by atoms with Gasteiger partial charge in [-0.1, -0.05) is 12.1 Å². The van der Waals surface area contributed by atoms with Crippen molar-refractivity contribution in [2.24, 2.45) is 0 Å². The van der Waals surface area contributed by atoms with E-state index < -0.39 is 30.5 Å². The number of hydrogen-bond acceptors (Lipinski definition) is 5. The zero-order chi connectivity index (χ0) is 20.7. The molecule has 2 aromatic rings. The average Bonchev–Trinajstić information content (AvgIpc) is 2.63. The summed E-state index contributed by atoms with van der Waals surface area (Å²) >= 11 is 0. The zero-order valence-corrected chi connectivity index (χ0v) is 15.2. The van der Waals surface area contributed by atoms with E-state index in [-0.39, 0.29) is 31.6 Å². The predicted molar refractivity (Wildman–Crippen MR) is 94.5 cm³/mol. The maximum absolute atomic E-state index is 13.0. The maximum Gasteiger partial charge on any atom is 0.409 e. The highest BCUT2D eigenvalue weighted by Gasteiger charge is 2.42. The minimum atomic E-state index is -4.78. The third-order valence-corrected chi connectivity index (χ3v) is 3.94. The summed E-state index contributed by atoms with van der Waals surface area (Å²) in [5, 5.41) is 2.23. The molecule has 2 rings (SSSR count). The van der Waals surface area contributed by atoms with Crippen molar-refractivity contribution in [3.63, 3.8) is 0 Å². The Morgan fingerprint density at radius 3 is 2.68 bits per heavy atom. The van der Waals surface area contributed by atoms with Gasteiger partial charge >= 0.3 is 12.1 Å². The highest BCUT2D eigenvalue weighted by Crippen LogP contribution is 2.23.